The Labute approximate surface area is 247 Å². The molecular formula is C35H63N5. The molecule has 1 aromatic carbocycles. The summed E-state index contributed by atoms with van der Waals surface area (Å²) >= 11 is 0. The summed E-state index contributed by atoms with van der Waals surface area (Å²) in [6.07, 6.45) is 20.2. The summed E-state index contributed by atoms with van der Waals surface area (Å²) in [6.45, 7) is 15.7. The molecule has 7 rings (SSSR count). The fourth-order valence-corrected chi connectivity index (χ4v) is 7.68. The van der Waals surface area contributed by atoms with Crippen molar-refractivity contribution in [3.8, 4) is 0 Å². The van der Waals surface area contributed by atoms with Crippen LogP contribution >= 0.6 is 0 Å². The van der Waals surface area contributed by atoms with Gasteiger partial charge in [-0.2, -0.15) is 0 Å². The Bertz CT molecular complexity index is 740. The molecular weight excluding hydrogens is 490 g/mol. The van der Waals surface area contributed by atoms with Gasteiger partial charge in [-0.3, -0.25) is 0 Å². The summed E-state index contributed by atoms with van der Waals surface area (Å²) in [5.74, 6) is 0.959. The van der Waals surface area contributed by atoms with E-state index in [0.717, 1.165) is 36.5 Å². The van der Waals surface area contributed by atoms with Crippen LogP contribution in [-0.2, 0) is 13.1 Å². The lowest BCUT2D eigenvalue weighted by Crippen LogP contribution is -2.45. The summed E-state index contributed by atoms with van der Waals surface area (Å²) in [5.41, 5.74) is 3.72. The molecule has 5 heteroatoms. The number of hydrogen-bond acceptors (Lipinski definition) is 5. The van der Waals surface area contributed by atoms with Crippen molar-refractivity contribution in [1.82, 2.24) is 26.2 Å². The average Bonchev–Trinajstić information content (AvgIpc) is 3.70. The molecule has 4 N–H and O–H groups in total. The van der Waals surface area contributed by atoms with E-state index >= 15 is 0 Å². The Morgan fingerprint density at radius 3 is 1.93 bits per heavy atom. The first kappa shape index (κ1) is 31.9. The maximum Gasteiger partial charge on any atom is 0.0211 e. The highest BCUT2D eigenvalue weighted by atomic mass is 15.2. The van der Waals surface area contributed by atoms with E-state index < -0.39 is 0 Å². The molecule has 0 aromatic heterocycles. The quantitative estimate of drug-likeness (QED) is 0.350. The zero-order chi connectivity index (χ0) is 27.9. The fraction of sp³-hybridized carbons (Fsp3) is 0.829. The van der Waals surface area contributed by atoms with Gasteiger partial charge >= 0.3 is 0 Å². The lowest BCUT2D eigenvalue weighted by Gasteiger charge is -2.36. The van der Waals surface area contributed by atoms with E-state index in [4.69, 9.17) is 0 Å². The van der Waals surface area contributed by atoms with Crippen molar-refractivity contribution in [3.63, 3.8) is 0 Å². The number of fused-ring (bicyclic) bond motifs is 1. The second kappa shape index (κ2) is 17.9. The minimum absolute atomic E-state index is 0.771. The third kappa shape index (κ3) is 10.7. The number of piperidine rings is 4. The summed E-state index contributed by atoms with van der Waals surface area (Å²) in [5, 5.41) is 13.6. The van der Waals surface area contributed by atoms with Crippen LogP contribution in [0.2, 0.25) is 0 Å². The fourth-order valence-electron chi connectivity index (χ4n) is 7.68. The van der Waals surface area contributed by atoms with Crippen LogP contribution in [0.4, 0.5) is 0 Å². The van der Waals surface area contributed by atoms with Gasteiger partial charge in [0.25, 0.3) is 0 Å². The molecule has 6 aliphatic rings. The van der Waals surface area contributed by atoms with E-state index in [9.17, 15) is 0 Å². The number of benzene rings is 1. The monoisotopic (exact) mass is 554 g/mol. The molecule has 1 saturated carbocycles. The molecule has 1 aromatic rings. The first-order valence-electron chi connectivity index (χ1n) is 17.3. The van der Waals surface area contributed by atoms with Crippen LogP contribution in [0.3, 0.4) is 0 Å². The van der Waals surface area contributed by atoms with E-state index in [1.165, 1.54) is 147 Å². The van der Waals surface area contributed by atoms with Crippen LogP contribution in [0.5, 0.6) is 0 Å². The molecule has 2 atom stereocenters. The molecule has 4 saturated heterocycles. The zero-order valence-electron chi connectivity index (χ0n) is 26.3. The maximum atomic E-state index is 3.48. The van der Waals surface area contributed by atoms with Crippen molar-refractivity contribution in [1.29, 1.82) is 0 Å². The summed E-state index contributed by atoms with van der Waals surface area (Å²) < 4.78 is 0. The number of nitrogens with zero attached hydrogens (tertiary/aromatic N) is 1. The van der Waals surface area contributed by atoms with Crippen LogP contribution < -0.4 is 21.3 Å². The Morgan fingerprint density at radius 2 is 1.35 bits per heavy atom. The van der Waals surface area contributed by atoms with Crippen molar-refractivity contribution in [2.45, 2.75) is 129 Å². The molecule has 5 nitrogen and oxygen atoms in total. The highest BCUT2D eigenvalue weighted by Crippen LogP contribution is 2.44. The van der Waals surface area contributed by atoms with Gasteiger partial charge in [0.1, 0.15) is 0 Å². The Morgan fingerprint density at radius 1 is 0.725 bits per heavy atom. The van der Waals surface area contributed by atoms with Gasteiger partial charge in [0.15, 0.2) is 0 Å². The standard InChI is InChI=1S/C10H20N2.C9H17N.C8H9N.C8H17N/c1-2-8-12(9-3-1)10-4-6-11-7-5-10;1-2-4-9(3-1)5-7-10-8-6-9;1-2-4-8-6-9-5-7(8)3-1;1-3-8-5-4-7(2)9-6-8/h10-11H,1-9H2;10H,1-8H2;1-4,9H,5-6H2;7-9H,3-6H2,1-2H3. The first-order chi connectivity index (χ1) is 19.7. The molecule has 1 spiro atoms. The number of hydrogen-bond donors (Lipinski definition) is 4. The van der Waals surface area contributed by atoms with E-state index in [1.807, 2.05) is 0 Å². The van der Waals surface area contributed by atoms with Gasteiger partial charge in [-0.1, -0.05) is 56.9 Å². The van der Waals surface area contributed by atoms with Crippen LogP contribution in [0.25, 0.3) is 0 Å². The van der Waals surface area contributed by atoms with Gasteiger partial charge in [0.2, 0.25) is 0 Å². The highest BCUT2D eigenvalue weighted by Gasteiger charge is 2.34. The predicted molar refractivity (Wildman–Crippen MR) is 172 cm³/mol. The van der Waals surface area contributed by atoms with Crippen LogP contribution in [-0.4, -0.2) is 62.8 Å². The molecule has 0 amide bonds. The van der Waals surface area contributed by atoms with Gasteiger partial charge in [0, 0.05) is 25.2 Å². The molecule has 0 radical (unpaired) electrons. The largest absolute Gasteiger partial charge is 0.317 e. The van der Waals surface area contributed by atoms with Crippen molar-refractivity contribution >= 4 is 0 Å². The van der Waals surface area contributed by atoms with E-state index in [2.05, 4.69) is 64.3 Å². The number of rotatable bonds is 2. The number of likely N-dealkylation sites (tertiary alicyclic amines) is 1. The molecule has 5 fully saturated rings. The van der Waals surface area contributed by atoms with Crippen LogP contribution in [0, 0.1) is 11.3 Å². The average molecular weight is 554 g/mol. The molecule has 0 bridgehead atoms. The van der Waals surface area contributed by atoms with Gasteiger partial charge in [0.05, 0.1) is 0 Å². The van der Waals surface area contributed by atoms with Crippen LogP contribution in [0.1, 0.15) is 115 Å². The third-order valence-electron chi connectivity index (χ3n) is 10.6. The third-order valence-corrected chi connectivity index (χ3v) is 10.6. The minimum atomic E-state index is 0.771. The summed E-state index contributed by atoms with van der Waals surface area (Å²) in [4.78, 5) is 2.71. The SMILES string of the molecule is C1CCC2(C1)CCNCC2.C1CCN(C2CCNCC2)CC1.CCC1CCC(C)NC1.c1ccc2c(c1)CNC2. The Kier molecular flexibility index (Phi) is 14.3. The summed E-state index contributed by atoms with van der Waals surface area (Å²) in [7, 11) is 0. The van der Waals surface area contributed by atoms with Gasteiger partial charge in [-0.05, 0) is 139 Å². The first-order valence-corrected chi connectivity index (χ1v) is 17.3. The van der Waals surface area contributed by atoms with Crippen molar-refractivity contribution in [2.24, 2.45) is 11.3 Å². The van der Waals surface area contributed by atoms with Crippen molar-refractivity contribution in [3.05, 3.63) is 35.4 Å². The van der Waals surface area contributed by atoms with Crippen LogP contribution in [0.15, 0.2) is 24.3 Å². The number of nitrogens with one attached hydrogen (secondary N) is 4. The molecule has 5 heterocycles. The lowest BCUT2D eigenvalue weighted by atomic mass is 9.78. The molecule has 5 aliphatic heterocycles. The lowest BCUT2D eigenvalue weighted by molar-refractivity contribution is 0.136. The highest BCUT2D eigenvalue weighted by molar-refractivity contribution is 5.29. The minimum Gasteiger partial charge on any atom is -0.317 e. The second-order valence-electron chi connectivity index (χ2n) is 13.6. The van der Waals surface area contributed by atoms with E-state index in [1.54, 1.807) is 0 Å². The van der Waals surface area contributed by atoms with E-state index in [0.29, 0.717) is 0 Å². The second-order valence-corrected chi connectivity index (χ2v) is 13.6. The van der Waals surface area contributed by atoms with Gasteiger partial charge in [-0.15, -0.1) is 0 Å². The predicted octanol–water partition coefficient (Wildman–Crippen LogP) is 6.23. The molecule has 1 aliphatic carbocycles. The molecule has 40 heavy (non-hydrogen) atoms. The van der Waals surface area contributed by atoms with E-state index in [-0.39, 0.29) is 0 Å². The smallest absolute Gasteiger partial charge is 0.0211 e. The Balaban J connectivity index is 0.000000124. The molecule has 2 unspecified atom stereocenters. The topological polar surface area (TPSA) is 51.4 Å². The summed E-state index contributed by atoms with van der Waals surface area (Å²) in [6, 6.07) is 10.2. The molecule has 228 valence electrons. The van der Waals surface area contributed by atoms with Crippen molar-refractivity contribution in [2.75, 3.05) is 45.8 Å². The Hall–Kier alpha value is -0.980. The van der Waals surface area contributed by atoms with Gasteiger partial charge < -0.3 is 26.2 Å². The normalized spacial score (nSPS) is 28.2. The zero-order valence-corrected chi connectivity index (χ0v) is 26.3. The maximum absolute atomic E-state index is 3.48. The van der Waals surface area contributed by atoms with Crippen molar-refractivity contribution < 1.29 is 0 Å². The van der Waals surface area contributed by atoms with Gasteiger partial charge in [-0.25, -0.2) is 0 Å².